The van der Waals surface area contributed by atoms with E-state index in [-0.39, 0.29) is 5.91 Å². The molecule has 1 aromatic heterocycles. The van der Waals surface area contributed by atoms with Gasteiger partial charge in [0.15, 0.2) is 0 Å². The van der Waals surface area contributed by atoms with Gasteiger partial charge in [0.1, 0.15) is 12.3 Å². The van der Waals surface area contributed by atoms with E-state index in [1.165, 1.54) is 0 Å². The van der Waals surface area contributed by atoms with E-state index in [2.05, 4.69) is 9.88 Å². The first-order valence-electron chi connectivity index (χ1n) is 8.92. The molecule has 3 aromatic rings. The number of hydrogen-bond donors (Lipinski definition) is 0. The van der Waals surface area contributed by atoms with Crippen molar-refractivity contribution in [3.8, 4) is 5.75 Å². The minimum Gasteiger partial charge on any atom is -0.495 e. The number of fused-ring (bicyclic) bond motifs is 1. The van der Waals surface area contributed by atoms with E-state index in [1.807, 2.05) is 51.9 Å². The summed E-state index contributed by atoms with van der Waals surface area (Å²) in [6.07, 6.45) is 1.73. The number of piperazine rings is 1. The highest BCUT2D eigenvalue weighted by atomic mass is 35.5. The zero-order valence-corrected chi connectivity index (χ0v) is 15.9. The lowest BCUT2D eigenvalue weighted by atomic mass is 10.2. The first kappa shape index (κ1) is 17.7. The minimum absolute atomic E-state index is 0.117. The Morgan fingerprint density at radius 2 is 1.93 bits per heavy atom. The average molecular weight is 385 g/mol. The summed E-state index contributed by atoms with van der Waals surface area (Å²) in [6, 6.07) is 13.6. The van der Waals surface area contributed by atoms with Crippen LogP contribution in [0.2, 0.25) is 5.02 Å². The fraction of sp³-hybridized carbons (Fsp3) is 0.300. The highest BCUT2D eigenvalue weighted by Gasteiger charge is 2.22. The van der Waals surface area contributed by atoms with Gasteiger partial charge < -0.3 is 19.1 Å². The molecule has 0 bridgehead atoms. The van der Waals surface area contributed by atoms with Crippen molar-refractivity contribution in [1.82, 2.24) is 14.5 Å². The highest BCUT2D eigenvalue weighted by molar-refractivity contribution is 6.32. The third-order valence-corrected chi connectivity index (χ3v) is 5.28. The van der Waals surface area contributed by atoms with Crippen LogP contribution in [-0.4, -0.2) is 53.6 Å². The Labute approximate surface area is 162 Å². The second kappa shape index (κ2) is 7.48. The van der Waals surface area contributed by atoms with E-state index in [0.29, 0.717) is 30.4 Å². The van der Waals surface area contributed by atoms with Crippen LogP contribution in [0.3, 0.4) is 0 Å². The fourth-order valence-corrected chi connectivity index (χ4v) is 3.64. The first-order valence-corrected chi connectivity index (χ1v) is 9.29. The lowest BCUT2D eigenvalue weighted by Crippen LogP contribution is -2.49. The number of hydrogen-bond acceptors (Lipinski definition) is 4. The third-order valence-electron chi connectivity index (χ3n) is 4.97. The maximum absolute atomic E-state index is 12.7. The standard InChI is InChI=1S/C20H21ClN4O2/c1-27-19-12-15(6-7-16(19)21)23-8-10-24(11-9-23)20(26)13-25-14-22-17-4-2-3-5-18(17)25/h2-7,12,14H,8-11,13H2,1H3. The molecule has 4 rings (SSSR count). The SMILES string of the molecule is COc1cc(N2CCN(C(=O)Cn3cnc4ccccc43)CC2)ccc1Cl. The molecule has 1 aliphatic rings. The Kier molecular flexibility index (Phi) is 4.90. The van der Waals surface area contributed by atoms with Crippen molar-refractivity contribution in [2.75, 3.05) is 38.2 Å². The molecule has 1 aliphatic heterocycles. The van der Waals surface area contributed by atoms with E-state index in [0.717, 1.165) is 29.8 Å². The molecule has 6 nitrogen and oxygen atoms in total. The number of carbonyl (C=O) groups is 1. The summed E-state index contributed by atoms with van der Waals surface area (Å²) in [5.41, 5.74) is 2.95. The monoisotopic (exact) mass is 384 g/mol. The Morgan fingerprint density at radius 1 is 1.15 bits per heavy atom. The van der Waals surface area contributed by atoms with Crippen LogP contribution in [0.1, 0.15) is 0 Å². The van der Waals surface area contributed by atoms with Crippen molar-refractivity contribution in [3.05, 3.63) is 53.8 Å². The number of methoxy groups -OCH3 is 1. The maximum Gasteiger partial charge on any atom is 0.242 e. The summed E-state index contributed by atoms with van der Waals surface area (Å²) in [4.78, 5) is 21.2. The first-order chi connectivity index (χ1) is 13.2. The second-order valence-electron chi connectivity index (χ2n) is 6.55. The van der Waals surface area contributed by atoms with E-state index in [4.69, 9.17) is 16.3 Å². The highest BCUT2D eigenvalue weighted by Crippen LogP contribution is 2.29. The van der Waals surface area contributed by atoms with Gasteiger partial charge in [0.2, 0.25) is 5.91 Å². The molecule has 27 heavy (non-hydrogen) atoms. The Balaban J connectivity index is 1.39. The molecular formula is C20H21ClN4O2. The lowest BCUT2D eigenvalue weighted by Gasteiger charge is -2.36. The van der Waals surface area contributed by atoms with Crippen LogP contribution in [0.15, 0.2) is 48.8 Å². The molecule has 1 fully saturated rings. The summed E-state index contributed by atoms with van der Waals surface area (Å²) < 4.78 is 7.21. The molecule has 0 N–H and O–H groups in total. The van der Waals surface area contributed by atoms with Gasteiger partial charge in [-0.1, -0.05) is 23.7 Å². The number of anilines is 1. The van der Waals surface area contributed by atoms with E-state index < -0.39 is 0 Å². The smallest absolute Gasteiger partial charge is 0.242 e. The molecule has 1 saturated heterocycles. The number of para-hydroxylation sites is 2. The number of benzene rings is 2. The molecule has 0 spiro atoms. The van der Waals surface area contributed by atoms with Crippen LogP contribution >= 0.6 is 11.6 Å². The number of halogens is 1. The van der Waals surface area contributed by atoms with E-state index in [9.17, 15) is 4.79 Å². The van der Waals surface area contributed by atoms with E-state index >= 15 is 0 Å². The molecule has 0 unspecified atom stereocenters. The molecular weight excluding hydrogens is 364 g/mol. The number of amides is 1. The molecule has 0 aliphatic carbocycles. The number of rotatable bonds is 4. The molecule has 7 heteroatoms. The van der Waals surface area contributed by atoms with Gasteiger partial charge >= 0.3 is 0 Å². The number of carbonyl (C=O) groups excluding carboxylic acids is 1. The van der Waals surface area contributed by atoms with Crippen molar-refractivity contribution in [2.45, 2.75) is 6.54 Å². The predicted octanol–water partition coefficient (Wildman–Crippen LogP) is 3.05. The van der Waals surface area contributed by atoms with Crippen molar-refractivity contribution in [2.24, 2.45) is 0 Å². The molecule has 2 aromatic carbocycles. The van der Waals surface area contributed by atoms with Crippen LogP contribution < -0.4 is 9.64 Å². The Hall–Kier alpha value is -2.73. The summed E-state index contributed by atoms with van der Waals surface area (Å²) in [5.74, 6) is 0.783. The van der Waals surface area contributed by atoms with Gasteiger partial charge in [0.05, 0.1) is 29.5 Å². The molecule has 140 valence electrons. The van der Waals surface area contributed by atoms with Crippen molar-refractivity contribution in [1.29, 1.82) is 0 Å². The topological polar surface area (TPSA) is 50.6 Å². The average Bonchev–Trinajstić information content (AvgIpc) is 3.11. The van der Waals surface area contributed by atoms with Crippen molar-refractivity contribution >= 4 is 34.2 Å². The summed E-state index contributed by atoms with van der Waals surface area (Å²) in [6.45, 7) is 3.25. The van der Waals surface area contributed by atoms with Gasteiger partial charge in [-0.2, -0.15) is 0 Å². The maximum atomic E-state index is 12.7. The van der Waals surface area contributed by atoms with Gasteiger partial charge in [-0.15, -0.1) is 0 Å². The molecule has 0 radical (unpaired) electrons. The van der Waals surface area contributed by atoms with Gasteiger partial charge in [-0.25, -0.2) is 4.98 Å². The van der Waals surface area contributed by atoms with Gasteiger partial charge in [-0.05, 0) is 24.3 Å². The minimum atomic E-state index is 0.117. The van der Waals surface area contributed by atoms with Gasteiger partial charge in [-0.3, -0.25) is 4.79 Å². The number of nitrogens with zero attached hydrogens (tertiary/aromatic N) is 4. The molecule has 2 heterocycles. The number of ether oxygens (including phenoxy) is 1. The van der Waals surface area contributed by atoms with Crippen LogP contribution in [0.4, 0.5) is 5.69 Å². The van der Waals surface area contributed by atoms with Crippen LogP contribution in [0.25, 0.3) is 11.0 Å². The third kappa shape index (κ3) is 3.57. The van der Waals surface area contributed by atoms with E-state index in [1.54, 1.807) is 13.4 Å². The Morgan fingerprint density at radius 3 is 2.70 bits per heavy atom. The molecule has 1 amide bonds. The fourth-order valence-electron chi connectivity index (χ4n) is 3.44. The summed E-state index contributed by atoms with van der Waals surface area (Å²) in [7, 11) is 1.61. The largest absolute Gasteiger partial charge is 0.495 e. The summed E-state index contributed by atoms with van der Waals surface area (Å²) in [5, 5.41) is 0.600. The van der Waals surface area contributed by atoms with Crippen molar-refractivity contribution < 1.29 is 9.53 Å². The second-order valence-corrected chi connectivity index (χ2v) is 6.96. The quantitative estimate of drug-likeness (QED) is 0.693. The van der Waals surface area contributed by atoms with Crippen LogP contribution in [0, 0.1) is 0 Å². The van der Waals surface area contributed by atoms with Gasteiger partial charge in [0, 0.05) is 37.9 Å². The van der Waals surface area contributed by atoms with Gasteiger partial charge in [0.25, 0.3) is 0 Å². The zero-order valence-electron chi connectivity index (χ0n) is 15.1. The Bertz CT molecular complexity index is 964. The number of aromatic nitrogens is 2. The van der Waals surface area contributed by atoms with Crippen LogP contribution in [0.5, 0.6) is 5.75 Å². The summed E-state index contributed by atoms with van der Waals surface area (Å²) >= 11 is 6.11. The lowest BCUT2D eigenvalue weighted by molar-refractivity contribution is -0.132. The molecule has 0 saturated carbocycles. The normalized spacial score (nSPS) is 14.6. The number of imidazole rings is 1. The van der Waals surface area contributed by atoms with Crippen molar-refractivity contribution in [3.63, 3.8) is 0 Å². The van der Waals surface area contributed by atoms with Crippen LogP contribution in [-0.2, 0) is 11.3 Å². The predicted molar refractivity (Wildman–Crippen MR) is 107 cm³/mol. The molecule has 0 atom stereocenters. The zero-order chi connectivity index (χ0) is 18.8.